The fourth-order valence-corrected chi connectivity index (χ4v) is 4.19. The fraction of sp³-hybridized carbons (Fsp3) is 0.0400. The molecule has 0 aliphatic heterocycles. The standard InChI is InChI=1S/C25H18N4O2S/c1-16-9-10-18(14-20(16)28-25(31)17-6-3-2-4-7-17)21-11-12-26-24-19(15-27-29(21)24)23(30)22-8-5-13-32-22/h2-15H,1H3,(H,28,31). The Kier molecular flexibility index (Phi) is 5.09. The number of hydrogen-bond acceptors (Lipinski definition) is 5. The zero-order chi connectivity index (χ0) is 22.1. The summed E-state index contributed by atoms with van der Waals surface area (Å²) < 4.78 is 1.66. The van der Waals surface area contributed by atoms with Crippen molar-refractivity contribution < 1.29 is 9.59 Å². The SMILES string of the molecule is Cc1ccc(-c2ccnc3c(C(=O)c4cccs4)cnn23)cc1NC(=O)c1ccccc1. The van der Waals surface area contributed by atoms with Gasteiger partial charge in [0.25, 0.3) is 5.91 Å². The molecule has 1 amide bonds. The van der Waals surface area contributed by atoms with Crippen molar-refractivity contribution in [2.75, 3.05) is 5.32 Å². The third-order valence-electron chi connectivity index (χ3n) is 5.21. The second-order valence-corrected chi connectivity index (χ2v) is 8.23. The molecular weight excluding hydrogens is 420 g/mol. The Balaban J connectivity index is 1.53. The van der Waals surface area contributed by atoms with E-state index in [-0.39, 0.29) is 11.7 Å². The number of aryl methyl sites for hydroxylation is 1. The van der Waals surface area contributed by atoms with Crippen LogP contribution in [-0.4, -0.2) is 26.3 Å². The summed E-state index contributed by atoms with van der Waals surface area (Å²) in [7, 11) is 0. The van der Waals surface area contributed by atoms with Crippen molar-refractivity contribution in [3.05, 3.63) is 106 Å². The van der Waals surface area contributed by atoms with Gasteiger partial charge in [0.15, 0.2) is 5.65 Å². The minimum atomic E-state index is -0.173. The molecule has 0 spiro atoms. The maximum atomic E-state index is 12.9. The first-order valence-corrected chi connectivity index (χ1v) is 10.9. The van der Waals surface area contributed by atoms with Crippen LogP contribution < -0.4 is 5.32 Å². The van der Waals surface area contributed by atoms with Gasteiger partial charge in [-0.1, -0.05) is 36.4 Å². The van der Waals surface area contributed by atoms with Crippen molar-refractivity contribution in [1.29, 1.82) is 0 Å². The normalized spacial score (nSPS) is 10.9. The fourth-order valence-electron chi connectivity index (χ4n) is 3.51. The highest BCUT2D eigenvalue weighted by Gasteiger charge is 2.19. The topological polar surface area (TPSA) is 76.4 Å². The summed E-state index contributed by atoms with van der Waals surface area (Å²) in [5, 5.41) is 9.30. The van der Waals surface area contributed by atoms with Gasteiger partial charge in [-0.25, -0.2) is 9.50 Å². The van der Waals surface area contributed by atoms with Crippen LogP contribution in [0.1, 0.15) is 31.2 Å². The van der Waals surface area contributed by atoms with E-state index in [2.05, 4.69) is 15.4 Å². The zero-order valence-corrected chi connectivity index (χ0v) is 18.0. The summed E-state index contributed by atoms with van der Waals surface area (Å²) >= 11 is 1.39. The number of carbonyl (C=O) groups excluding carboxylic acids is 2. The highest BCUT2D eigenvalue weighted by molar-refractivity contribution is 7.12. The lowest BCUT2D eigenvalue weighted by atomic mass is 10.1. The first kappa shape index (κ1) is 19.8. The van der Waals surface area contributed by atoms with Gasteiger partial charge in [-0.05, 0) is 48.2 Å². The van der Waals surface area contributed by atoms with Gasteiger partial charge in [0, 0.05) is 23.0 Å². The van der Waals surface area contributed by atoms with Crippen molar-refractivity contribution in [1.82, 2.24) is 14.6 Å². The number of aromatic nitrogens is 3. The Morgan fingerprint density at radius 3 is 2.62 bits per heavy atom. The molecule has 5 aromatic rings. The van der Waals surface area contributed by atoms with Crippen molar-refractivity contribution in [2.24, 2.45) is 0 Å². The molecule has 0 unspecified atom stereocenters. The number of benzene rings is 2. The average Bonchev–Trinajstić information content (AvgIpc) is 3.51. The molecular formula is C25H18N4O2S. The van der Waals surface area contributed by atoms with Crippen LogP contribution in [0, 0.1) is 6.92 Å². The number of ketones is 1. The van der Waals surface area contributed by atoms with E-state index in [1.807, 2.05) is 60.8 Å². The van der Waals surface area contributed by atoms with E-state index in [0.29, 0.717) is 27.3 Å². The molecule has 156 valence electrons. The summed E-state index contributed by atoms with van der Waals surface area (Å²) in [5.41, 5.74) is 4.82. The maximum absolute atomic E-state index is 12.9. The zero-order valence-electron chi connectivity index (χ0n) is 17.1. The Morgan fingerprint density at radius 1 is 1.00 bits per heavy atom. The molecule has 0 atom stereocenters. The van der Waals surface area contributed by atoms with Gasteiger partial charge in [0.05, 0.1) is 22.3 Å². The summed E-state index contributed by atoms with van der Waals surface area (Å²) in [4.78, 5) is 30.5. The number of amides is 1. The van der Waals surface area contributed by atoms with Gasteiger partial charge in [0.2, 0.25) is 5.78 Å². The number of hydrogen-bond donors (Lipinski definition) is 1. The van der Waals surface area contributed by atoms with E-state index in [0.717, 1.165) is 16.8 Å². The Bertz CT molecular complexity index is 1440. The molecule has 2 aromatic carbocycles. The monoisotopic (exact) mass is 438 g/mol. The lowest BCUT2D eigenvalue weighted by Gasteiger charge is -2.12. The number of nitrogens with zero attached hydrogens (tertiary/aromatic N) is 3. The third kappa shape index (κ3) is 3.59. The maximum Gasteiger partial charge on any atom is 0.255 e. The highest BCUT2D eigenvalue weighted by Crippen LogP contribution is 2.27. The minimum Gasteiger partial charge on any atom is -0.322 e. The van der Waals surface area contributed by atoms with Crippen LogP contribution in [0.4, 0.5) is 5.69 Å². The second-order valence-electron chi connectivity index (χ2n) is 7.28. The van der Waals surface area contributed by atoms with Crippen LogP contribution in [0.5, 0.6) is 0 Å². The molecule has 0 fully saturated rings. The lowest BCUT2D eigenvalue weighted by Crippen LogP contribution is -2.12. The van der Waals surface area contributed by atoms with E-state index in [1.54, 1.807) is 35.1 Å². The predicted octanol–water partition coefficient (Wildman–Crippen LogP) is 5.25. The molecule has 32 heavy (non-hydrogen) atoms. The number of anilines is 1. The number of nitrogens with one attached hydrogen (secondary N) is 1. The van der Waals surface area contributed by atoms with Crippen LogP contribution >= 0.6 is 11.3 Å². The molecule has 7 heteroatoms. The molecule has 0 saturated carbocycles. The van der Waals surface area contributed by atoms with E-state index < -0.39 is 0 Å². The lowest BCUT2D eigenvalue weighted by molar-refractivity contribution is 0.102. The van der Waals surface area contributed by atoms with Crippen LogP contribution in [0.2, 0.25) is 0 Å². The second kappa shape index (κ2) is 8.20. The quantitative estimate of drug-likeness (QED) is 0.380. The van der Waals surface area contributed by atoms with E-state index in [1.165, 1.54) is 11.3 Å². The largest absolute Gasteiger partial charge is 0.322 e. The van der Waals surface area contributed by atoms with E-state index in [4.69, 9.17) is 0 Å². The molecule has 0 radical (unpaired) electrons. The molecule has 0 saturated heterocycles. The first-order valence-electron chi connectivity index (χ1n) is 10.0. The molecule has 0 bridgehead atoms. The van der Waals surface area contributed by atoms with Gasteiger partial charge in [-0.3, -0.25) is 9.59 Å². The van der Waals surface area contributed by atoms with Gasteiger partial charge >= 0.3 is 0 Å². The van der Waals surface area contributed by atoms with Crippen LogP contribution in [0.25, 0.3) is 16.9 Å². The van der Waals surface area contributed by atoms with Crippen LogP contribution in [-0.2, 0) is 0 Å². The van der Waals surface area contributed by atoms with Crippen molar-refractivity contribution in [3.63, 3.8) is 0 Å². The molecule has 3 aromatic heterocycles. The molecule has 0 aliphatic rings. The number of carbonyl (C=O) groups is 2. The third-order valence-corrected chi connectivity index (χ3v) is 6.08. The smallest absolute Gasteiger partial charge is 0.255 e. The van der Waals surface area contributed by atoms with Crippen molar-refractivity contribution >= 4 is 34.4 Å². The highest BCUT2D eigenvalue weighted by atomic mass is 32.1. The molecule has 5 rings (SSSR count). The van der Waals surface area contributed by atoms with Crippen LogP contribution in [0.3, 0.4) is 0 Å². The van der Waals surface area contributed by atoms with Crippen LogP contribution in [0.15, 0.2) is 84.5 Å². The number of rotatable bonds is 5. The molecule has 1 N–H and O–H groups in total. The first-order chi connectivity index (χ1) is 15.6. The minimum absolute atomic E-state index is 0.0978. The molecule has 3 heterocycles. The summed E-state index contributed by atoms with van der Waals surface area (Å²) in [6, 6.07) is 20.4. The summed E-state index contributed by atoms with van der Waals surface area (Å²) in [6.07, 6.45) is 3.22. The Hall–Kier alpha value is -4.10. The Morgan fingerprint density at radius 2 is 1.84 bits per heavy atom. The summed E-state index contributed by atoms with van der Waals surface area (Å²) in [5.74, 6) is -0.270. The average molecular weight is 439 g/mol. The van der Waals surface area contributed by atoms with Gasteiger partial charge in [-0.15, -0.1) is 11.3 Å². The van der Waals surface area contributed by atoms with Crippen molar-refractivity contribution in [3.8, 4) is 11.3 Å². The predicted molar refractivity (Wildman–Crippen MR) is 125 cm³/mol. The summed E-state index contributed by atoms with van der Waals surface area (Å²) in [6.45, 7) is 1.94. The number of fused-ring (bicyclic) bond motifs is 1. The van der Waals surface area contributed by atoms with E-state index in [9.17, 15) is 9.59 Å². The van der Waals surface area contributed by atoms with E-state index >= 15 is 0 Å². The van der Waals surface area contributed by atoms with Gasteiger partial charge in [0.1, 0.15) is 0 Å². The number of thiophene rings is 1. The van der Waals surface area contributed by atoms with Gasteiger partial charge < -0.3 is 5.32 Å². The molecule has 0 aliphatic carbocycles. The Labute approximate surface area is 188 Å². The van der Waals surface area contributed by atoms with Crippen molar-refractivity contribution in [2.45, 2.75) is 6.92 Å². The molecule has 6 nitrogen and oxygen atoms in total. The van der Waals surface area contributed by atoms with Gasteiger partial charge in [-0.2, -0.15) is 5.10 Å².